The maximum Gasteiger partial charge on any atom is 0.264 e. The Morgan fingerprint density at radius 2 is 2.35 bits per heavy atom. The Hall–Kier alpha value is -0.590. The number of carbonyl (C=O) groups is 1. The maximum atomic E-state index is 12.3. The van der Waals surface area contributed by atoms with E-state index >= 15 is 0 Å². The van der Waals surface area contributed by atoms with Crippen molar-refractivity contribution in [1.82, 2.24) is 10.2 Å². The van der Waals surface area contributed by atoms with Crippen molar-refractivity contribution in [2.45, 2.75) is 6.42 Å². The van der Waals surface area contributed by atoms with Crippen LogP contribution in [0.2, 0.25) is 0 Å². The number of rotatable bonds is 2. The highest BCUT2D eigenvalue weighted by molar-refractivity contribution is 9.11. The van der Waals surface area contributed by atoms with E-state index < -0.39 is 0 Å². The van der Waals surface area contributed by atoms with Gasteiger partial charge in [-0.3, -0.25) is 4.79 Å². The third-order valence-electron chi connectivity index (χ3n) is 2.71. The second-order valence-corrected chi connectivity index (χ2v) is 6.22. The van der Waals surface area contributed by atoms with Crippen LogP contribution in [0.25, 0.3) is 0 Å². The molecule has 0 radical (unpaired) electrons. The minimum Gasteiger partial charge on any atom is -0.495 e. The van der Waals surface area contributed by atoms with E-state index in [0.29, 0.717) is 0 Å². The van der Waals surface area contributed by atoms with E-state index in [1.54, 1.807) is 13.2 Å². The fourth-order valence-electron chi connectivity index (χ4n) is 1.80. The van der Waals surface area contributed by atoms with Gasteiger partial charge in [0.05, 0.1) is 12.0 Å². The first-order valence-corrected chi connectivity index (χ1v) is 7.16. The molecule has 4 nitrogen and oxygen atoms in total. The van der Waals surface area contributed by atoms with Gasteiger partial charge in [-0.2, -0.15) is 0 Å². The summed E-state index contributed by atoms with van der Waals surface area (Å²) in [6.07, 6.45) is 1.01. The lowest BCUT2D eigenvalue weighted by molar-refractivity contribution is 0.0771. The number of carbonyl (C=O) groups excluding carboxylic acids is 1. The van der Waals surface area contributed by atoms with Gasteiger partial charge >= 0.3 is 0 Å². The summed E-state index contributed by atoms with van der Waals surface area (Å²) < 4.78 is 6.04. The molecule has 1 saturated heterocycles. The molecule has 2 heterocycles. The van der Waals surface area contributed by atoms with Crippen molar-refractivity contribution < 1.29 is 9.53 Å². The standard InChI is InChI=1S/C11H15BrN2O2S/c1-16-8-7-9(17-10(8)12)11(15)14-5-2-3-13-4-6-14/h7,13H,2-6H2,1H3. The maximum absolute atomic E-state index is 12.3. The van der Waals surface area contributed by atoms with Crippen LogP contribution < -0.4 is 10.1 Å². The van der Waals surface area contributed by atoms with Gasteiger partial charge in [-0.1, -0.05) is 0 Å². The van der Waals surface area contributed by atoms with E-state index in [-0.39, 0.29) is 5.91 Å². The predicted molar refractivity (Wildman–Crippen MR) is 72.0 cm³/mol. The largest absolute Gasteiger partial charge is 0.495 e. The van der Waals surface area contributed by atoms with Gasteiger partial charge < -0.3 is 15.0 Å². The molecule has 6 heteroatoms. The van der Waals surface area contributed by atoms with Crippen LogP contribution in [0.1, 0.15) is 16.1 Å². The van der Waals surface area contributed by atoms with Crippen LogP contribution in [0.4, 0.5) is 0 Å². The Morgan fingerprint density at radius 1 is 1.53 bits per heavy atom. The second-order valence-electron chi connectivity index (χ2n) is 3.85. The van der Waals surface area contributed by atoms with Crippen molar-refractivity contribution in [3.05, 3.63) is 14.7 Å². The average molecular weight is 319 g/mol. The number of thiophene rings is 1. The summed E-state index contributed by atoms with van der Waals surface area (Å²) in [6, 6.07) is 1.80. The number of ether oxygens (including phenoxy) is 1. The monoisotopic (exact) mass is 318 g/mol. The van der Waals surface area contributed by atoms with Gasteiger partial charge in [-0.25, -0.2) is 0 Å². The molecule has 0 aromatic carbocycles. The fourth-order valence-corrected chi connectivity index (χ4v) is 3.42. The van der Waals surface area contributed by atoms with Crippen LogP contribution in [0.15, 0.2) is 9.85 Å². The quantitative estimate of drug-likeness (QED) is 0.906. The van der Waals surface area contributed by atoms with E-state index in [2.05, 4.69) is 21.2 Å². The summed E-state index contributed by atoms with van der Waals surface area (Å²) in [4.78, 5) is 14.9. The van der Waals surface area contributed by atoms with Crippen LogP contribution in [0.5, 0.6) is 5.75 Å². The molecule has 0 unspecified atom stereocenters. The van der Waals surface area contributed by atoms with Crippen LogP contribution in [-0.4, -0.2) is 44.1 Å². The molecule has 1 N–H and O–H groups in total. The molecule has 0 bridgehead atoms. The number of nitrogens with one attached hydrogen (secondary N) is 1. The number of amides is 1. The predicted octanol–water partition coefficient (Wildman–Crippen LogP) is 1.95. The first kappa shape index (κ1) is 12.9. The molecule has 1 fully saturated rings. The number of hydrogen-bond acceptors (Lipinski definition) is 4. The summed E-state index contributed by atoms with van der Waals surface area (Å²) >= 11 is 4.82. The number of hydrogen-bond donors (Lipinski definition) is 1. The Labute approximate surface area is 113 Å². The molecule has 1 aromatic rings. The zero-order valence-corrected chi connectivity index (χ0v) is 12.1. The molecule has 0 atom stereocenters. The molecule has 94 valence electrons. The van der Waals surface area contributed by atoms with Gasteiger partial charge in [0.1, 0.15) is 9.54 Å². The Kier molecular flexibility index (Phi) is 4.42. The zero-order chi connectivity index (χ0) is 12.3. The molecule has 0 saturated carbocycles. The highest BCUT2D eigenvalue weighted by Gasteiger charge is 2.20. The summed E-state index contributed by atoms with van der Waals surface area (Å²) in [5, 5.41) is 3.29. The van der Waals surface area contributed by atoms with Crippen molar-refractivity contribution in [2.75, 3.05) is 33.3 Å². The van der Waals surface area contributed by atoms with Crippen molar-refractivity contribution >= 4 is 33.2 Å². The third-order valence-corrected chi connectivity index (χ3v) is 4.48. The summed E-state index contributed by atoms with van der Waals surface area (Å²) in [5.41, 5.74) is 0. The lowest BCUT2D eigenvalue weighted by Crippen LogP contribution is -2.33. The smallest absolute Gasteiger partial charge is 0.264 e. The fraction of sp³-hybridized carbons (Fsp3) is 0.545. The SMILES string of the molecule is COc1cc(C(=O)N2CCCNCC2)sc1Br. The first-order chi connectivity index (χ1) is 8.22. The Bertz CT molecular complexity index is 400. The van der Waals surface area contributed by atoms with Gasteiger partial charge in [0.25, 0.3) is 5.91 Å². The third kappa shape index (κ3) is 3.00. The van der Waals surface area contributed by atoms with E-state index in [1.807, 2.05) is 4.90 Å². The molecule has 0 aliphatic carbocycles. The molecule has 1 aliphatic heterocycles. The highest BCUT2D eigenvalue weighted by atomic mass is 79.9. The summed E-state index contributed by atoms with van der Waals surface area (Å²) in [7, 11) is 1.61. The molecule has 1 aromatic heterocycles. The normalized spacial score (nSPS) is 16.7. The van der Waals surface area contributed by atoms with E-state index in [1.165, 1.54) is 11.3 Å². The van der Waals surface area contributed by atoms with Crippen molar-refractivity contribution in [3.63, 3.8) is 0 Å². The van der Waals surface area contributed by atoms with Crippen molar-refractivity contribution in [1.29, 1.82) is 0 Å². The topological polar surface area (TPSA) is 41.6 Å². The number of halogens is 1. The lowest BCUT2D eigenvalue weighted by atomic mass is 10.3. The molecule has 1 aliphatic rings. The second kappa shape index (κ2) is 5.84. The van der Waals surface area contributed by atoms with Gasteiger partial charge in [-0.05, 0) is 28.9 Å². The number of methoxy groups -OCH3 is 1. The minimum atomic E-state index is 0.0997. The summed E-state index contributed by atoms with van der Waals surface area (Å²) in [6.45, 7) is 3.46. The average Bonchev–Trinajstić information content (AvgIpc) is 2.56. The van der Waals surface area contributed by atoms with Crippen molar-refractivity contribution in [2.24, 2.45) is 0 Å². The van der Waals surface area contributed by atoms with Gasteiger partial charge in [-0.15, -0.1) is 11.3 Å². The van der Waals surface area contributed by atoms with Gasteiger partial charge in [0.15, 0.2) is 0 Å². The zero-order valence-electron chi connectivity index (χ0n) is 9.66. The van der Waals surface area contributed by atoms with Crippen molar-refractivity contribution in [3.8, 4) is 5.75 Å². The molecule has 0 spiro atoms. The molecule has 17 heavy (non-hydrogen) atoms. The number of nitrogens with zero attached hydrogens (tertiary/aromatic N) is 1. The summed E-state index contributed by atoms with van der Waals surface area (Å²) in [5.74, 6) is 0.828. The Balaban J connectivity index is 2.11. The minimum absolute atomic E-state index is 0.0997. The lowest BCUT2D eigenvalue weighted by Gasteiger charge is -2.18. The highest BCUT2D eigenvalue weighted by Crippen LogP contribution is 2.34. The molecule has 2 rings (SSSR count). The van der Waals surface area contributed by atoms with E-state index in [9.17, 15) is 4.79 Å². The van der Waals surface area contributed by atoms with Gasteiger partial charge in [0, 0.05) is 25.7 Å². The van der Waals surface area contributed by atoms with Crippen LogP contribution in [-0.2, 0) is 0 Å². The van der Waals surface area contributed by atoms with Crippen LogP contribution in [0, 0.1) is 0 Å². The molecular weight excluding hydrogens is 304 g/mol. The molecule has 1 amide bonds. The van der Waals surface area contributed by atoms with Crippen LogP contribution >= 0.6 is 27.3 Å². The van der Waals surface area contributed by atoms with E-state index in [0.717, 1.165) is 47.0 Å². The Morgan fingerprint density at radius 3 is 3.06 bits per heavy atom. The van der Waals surface area contributed by atoms with E-state index in [4.69, 9.17) is 4.74 Å². The van der Waals surface area contributed by atoms with Crippen LogP contribution in [0.3, 0.4) is 0 Å². The molecular formula is C11H15BrN2O2S. The first-order valence-electron chi connectivity index (χ1n) is 5.55. The van der Waals surface area contributed by atoms with Gasteiger partial charge in [0.2, 0.25) is 0 Å².